The minimum absolute atomic E-state index is 0.135. The Hall–Kier alpha value is -2.34. The molecule has 1 atom stereocenters. The first-order valence-electron chi connectivity index (χ1n) is 14.0. The van der Waals surface area contributed by atoms with E-state index in [2.05, 4.69) is 6.92 Å². The highest BCUT2D eigenvalue weighted by molar-refractivity contribution is 6.21. The summed E-state index contributed by atoms with van der Waals surface area (Å²) in [7, 11) is 3.98. The third-order valence-corrected chi connectivity index (χ3v) is 6.90. The van der Waals surface area contributed by atoms with Crippen LogP contribution in [0.2, 0.25) is 0 Å². The molecule has 0 amide bonds. The van der Waals surface area contributed by atoms with Gasteiger partial charge in [0.1, 0.15) is 5.57 Å². The summed E-state index contributed by atoms with van der Waals surface area (Å²) in [4.78, 5) is 19.3. The number of anilines is 1. The van der Waals surface area contributed by atoms with Crippen LogP contribution in [0.5, 0.6) is 0 Å². The van der Waals surface area contributed by atoms with Crippen LogP contribution in [0.3, 0.4) is 0 Å². The van der Waals surface area contributed by atoms with Crippen LogP contribution >= 0.6 is 0 Å². The number of aliphatic hydroxyl groups is 2. The largest absolute Gasteiger partial charge is 0.507 e. The topological polar surface area (TPSA) is 82.4 Å². The third-order valence-electron chi connectivity index (χ3n) is 6.90. The van der Waals surface area contributed by atoms with Crippen molar-refractivity contribution in [2.75, 3.05) is 25.6 Å². The third kappa shape index (κ3) is 9.96. The molecule has 36 heavy (non-hydrogen) atoms. The van der Waals surface area contributed by atoms with Crippen molar-refractivity contribution >= 4 is 17.4 Å². The number of unbranched alkanes of at least 4 members (excludes halogenated alkanes) is 12. The number of esters is 1. The lowest BCUT2D eigenvalue weighted by Gasteiger charge is -2.16. The molecule has 1 aromatic rings. The second-order valence-electron chi connectivity index (χ2n) is 10.1. The number of benzene rings is 1. The van der Waals surface area contributed by atoms with Crippen molar-refractivity contribution in [1.82, 2.24) is 0 Å². The maximum Gasteiger partial charge on any atom is 0.344 e. The molecule has 0 aromatic heterocycles. The van der Waals surface area contributed by atoms with Gasteiger partial charge in [0, 0.05) is 19.8 Å². The van der Waals surface area contributed by atoms with Gasteiger partial charge in [-0.15, -0.1) is 0 Å². The molecule has 1 aliphatic rings. The van der Waals surface area contributed by atoms with Crippen molar-refractivity contribution < 1.29 is 19.7 Å². The average Bonchev–Trinajstić information content (AvgIpc) is 3.16. The number of rotatable bonds is 19. The van der Waals surface area contributed by atoms with Crippen LogP contribution in [0.15, 0.2) is 40.6 Å². The minimum atomic E-state index is -0.988. The Morgan fingerprint density at radius 2 is 1.47 bits per heavy atom. The van der Waals surface area contributed by atoms with E-state index in [1.54, 1.807) is 0 Å². The minimum Gasteiger partial charge on any atom is -0.507 e. The van der Waals surface area contributed by atoms with Gasteiger partial charge in [-0.2, -0.15) is 0 Å². The van der Waals surface area contributed by atoms with Crippen molar-refractivity contribution in [3.05, 3.63) is 41.2 Å². The van der Waals surface area contributed by atoms with Crippen LogP contribution in [0.4, 0.5) is 5.69 Å². The predicted octanol–water partition coefficient (Wildman–Crippen LogP) is 6.90. The first-order valence-corrected chi connectivity index (χ1v) is 14.0. The van der Waals surface area contributed by atoms with Crippen LogP contribution in [-0.2, 0) is 16.1 Å². The van der Waals surface area contributed by atoms with Gasteiger partial charge in [-0.25, -0.2) is 4.79 Å². The Labute approximate surface area is 218 Å². The number of aliphatic hydroxyl groups excluding tert-OH is 2. The van der Waals surface area contributed by atoms with Crippen LogP contribution in [0.25, 0.3) is 0 Å². The highest BCUT2D eigenvalue weighted by Gasteiger charge is 2.36. The van der Waals surface area contributed by atoms with Gasteiger partial charge in [-0.3, -0.25) is 4.99 Å². The maximum atomic E-state index is 12.5. The number of aliphatic imine (C=N–C) groups is 1. The molecule has 0 bridgehead atoms. The molecule has 0 saturated heterocycles. The lowest BCUT2D eigenvalue weighted by atomic mass is 10.0. The van der Waals surface area contributed by atoms with Crippen molar-refractivity contribution in [3.8, 4) is 0 Å². The number of ether oxygens (including phenoxy) is 1. The lowest BCUT2D eigenvalue weighted by Crippen LogP contribution is -2.15. The highest BCUT2D eigenvalue weighted by Crippen LogP contribution is 2.26. The summed E-state index contributed by atoms with van der Waals surface area (Å²) in [6, 6.07) is 8.04. The fourth-order valence-corrected chi connectivity index (χ4v) is 4.75. The summed E-state index contributed by atoms with van der Waals surface area (Å²) >= 11 is 0. The summed E-state index contributed by atoms with van der Waals surface area (Å²) in [6.07, 6.45) is 16.1. The predicted molar refractivity (Wildman–Crippen MR) is 149 cm³/mol. The molecule has 1 aliphatic heterocycles. The highest BCUT2D eigenvalue weighted by atomic mass is 16.6. The van der Waals surface area contributed by atoms with Crippen LogP contribution in [0, 0.1) is 0 Å². The van der Waals surface area contributed by atoms with Crippen LogP contribution in [0.1, 0.15) is 102 Å². The van der Waals surface area contributed by atoms with Crippen LogP contribution in [-0.4, -0.2) is 48.7 Å². The van der Waals surface area contributed by atoms with E-state index < -0.39 is 18.7 Å². The molecule has 2 rings (SSSR count). The van der Waals surface area contributed by atoms with Crippen LogP contribution < -0.4 is 4.90 Å². The van der Waals surface area contributed by atoms with E-state index in [0.717, 1.165) is 24.1 Å². The molecule has 202 valence electrons. The van der Waals surface area contributed by atoms with Gasteiger partial charge in [0.05, 0.1) is 18.9 Å². The SMILES string of the molecule is CCCCCCCCCCCCCCCC(=NCc1ccccc1N(C)C)C1=C(O)C(CO)OC1=O. The molecular formula is C30H48N2O4. The second kappa shape index (κ2) is 17.2. The molecule has 1 unspecified atom stereocenters. The number of hydrogen-bond donors (Lipinski definition) is 2. The van der Waals surface area contributed by atoms with E-state index in [1.165, 1.54) is 70.6 Å². The van der Waals surface area contributed by atoms with Gasteiger partial charge < -0.3 is 19.8 Å². The number of nitrogens with zero attached hydrogens (tertiary/aromatic N) is 2. The molecule has 1 aromatic carbocycles. The Morgan fingerprint density at radius 3 is 2.00 bits per heavy atom. The van der Waals surface area contributed by atoms with Crippen molar-refractivity contribution in [2.45, 2.75) is 109 Å². The Bertz CT molecular complexity index is 847. The Balaban J connectivity index is 1.85. The van der Waals surface area contributed by atoms with Gasteiger partial charge in [0.2, 0.25) is 0 Å². The molecule has 2 N–H and O–H groups in total. The fourth-order valence-electron chi connectivity index (χ4n) is 4.75. The molecule has 1 heterocycles. The van der Waals surface area contributed by atoms with Crippen molar-refractivity contribution in [3.63, 3.8) is 0 Å². The van der Waals surface area contributed by atoms with E-state index >= 15 is 0 Å². The lowest BCUT2D eigenvalue weighted by molar-refractivity contribution is -0.141. The van der Waals surface area contributed by atoms with Crippen molar-refractivity contribution in [2.24, 2.45) is 4.99 Å². The van der Waals surface area contributed by atoms with Gasteiger partial charge >= 0.3 is 5.97 Å². The standard InChI is InChI=1S/C30H48N2O4/c1-4-5-6-7-8-9-10-11-12-13-14-15-16-20-25(28-29(34)27(23-33)36-30(28)35)31-22-24-19-17-18-21-26(24)32(2)3/h17-19,21,27,33-34H,4-16,20,22-23H2,1-3H3. The molecule has 6 nitrogen and oxygen atoms in total. The van der Waals surface area contributed by atoms with E-state index in [9.17, 15) is 15.0 Å². The normalized spacial score (nSPS) is 16.1. The summed E-state index contributed by atoms with van der Waals surface area (Å²) in [5, 5.41) is 20.0. The number of hydrogen-bond acceptors (Lipinski definition) is 6. The molecule has 0 spiro atoms. The zero-order chi connectivity index (χ0) is 26.2. The zero-order valence-electron chi connectivity index (χ0n) is 22.8. The first-order chi connectivity index (χ1) is 17.5. The van der Waals surface area contributed by atoms with Gasteiger partial charge in [-0.1, -0.05) is 102 Å². The molecule has 0 fully saturated rings. The smallest absolute Gasteiger partial charge is 0.344 e. The number of carbonyl (C=O) groups excluding carboxylic acids is 1. The van der Waals surface area contributed by atoms with E-state index in [1.807, 2.05) is 43.3 Å². The molecular weight excluding hydrogens is 452 g/mol. The Kier molecular flexibility index (Phi) is 14.3. The fraction of sp³-hybridized carbons (Fsp3) is 0.667. The Morgan fingerprint density at radius 1 is 0.917 bits per heavy atom. The second-order valence-corrected chi connectivity index (χ2v) is 10.1. The molecule has 6 heteroatoms. The summed E-state index contributed by atoms with van der Waals surface area (Å²) < 4.78 is 5.15. The van der Waals surface area contributed by atoms with Crippen molar-refractivity contribution in [1.29, 1.82) is 0 Å². The maximum absolute atomic E-state index is 12.5. The molecule has 0 saturated carbocycles. The average molecular weight is 501 g/mol. The number of para-hydroxylation sites is 1. The van der Waals surface area contributed by atoms with Gasteiger partial charge in [-0.05, 0) is 24.5 Å². The van der Waals surface area contributed by atoms with Gasteiger partial charge in [0.25, 0.3) is 0 Å². The quantitative estimate of drug-likeness (QED) is 0.123. The number of carbonyl (C=O) groups is 1. The number of cyclic esters (lactones) is 1. The van der Waals surface area contributed by atoms with Gasteiger partial charge in [0.15, 0.2) is 11.9 Å². The van der Waals surface area contributed by atoms with E-state index in [0.29, 0.717) is 18.7 Å². The van der Waals surface area contributed by atoms with E-state index in [4.69, 9.17) is 9.73 Å². The molecule has 0 radical (unpaired) electrons. The first kappa shape index (κ1) is 29.9. The summed E-state index contributed by atoms with van der Waals surface area (Å²) in [6.45, 7) is 2.24. The monoisotopic (exact) mass is 500 g/mol. The molecule has 0 aliphatic carbocycles. The zero-order valence-corrected chi connectivity index (χ0v) is 22.8. The summed E-state index contributed by atoms with van der Waals surface area (Å²) in [5.74, 6) is -0.794. The summed E-state index contributed by atoms with van der Waals surface area (Å²) in [5.41, 5.74) is 2.83. The van der Waals surface area contributed by atoms with E-state index in [-0.39, 0.29) is 11.3 Å².